The second-order valence-electron chi connectivity index (χ2n) is 10.3. The van der Waals surface area contributed by atoms with E-state index in [1.165, 1.54) is 8.96 Å². The van der Waals surface area contributed by atoms with Crippen LogP contribution in [0.2, 0.25) is 0 Å². The van der Waals surface area contributed by atoms with E-state index in [-0.39, 0.29) is 11.5 Å². The third-order valence-corrected chi connectivity index (χ3v) is 8.14. The lowest BCUT2D eigenvalue weighted by atomic mass is 9.83. The summed E-state index contributed by atoms with van der Waals surface area (Å²) in [5, 5.41) is 19.3. The maximum atomic E-state index is 16.9. The Kier molecular flexibility index (Phi) is 6.81. The minimum atomic E-state index is -4.28. The van der Waals surface area contributed by atoms with Crippen molar-refractivity contribution >= 4 is 59.1 Å². The van der Waals surface area contributed by atoms with E-state index < -0.39 is 6.97 Å². The number of hydrogen-bond donors (Lipinski definition) is 2. The van der Waals surface area contributed by atoms with Gasteiger partial charge in [0.25, 0.3) is 0 Å². The molecule has 2 aliphatic rings. The van der Waals surface area contributed by atoms with Crippen LogP contribution in [0.15, 0.2) is 102 Å². The number of phenols is 2. The van der Waals surface area contributed by atoms with Crippen LogP contribution in [-0.4, -0.2) is 31.9 Å². The van der Waals surface area contributed by atoms with Gasteiger partial charge in [-0.05, 0) is 113 Å². The van der Waals surface area contributed by atoms with Crippen LogP contribution in [0.4, 0.5) is 8.63 Å². The molecule has 0 radical (unpaired) electrons. The molecule has 0 spiro atoms. The molecular formula is C33H26BF2IN2O2. The third-order valence-electron chi connectivity index (χ3n) is 7.42. The van der Waals surface area contributed by atoms with Crippen molar-refractivity contribution in [2.24, 2.45) is 0 Å². The quantitative estimate of drug-likeness (QED) is 0.168. The highest BCUT2D eigenvalue weighted by Gasteiger charge is 2.55. The molecule has 3 aromatic carbocycles. The zero-order valence-electron chi connectivity index (χ0n) is 22.4. The average molecular weight is 658 g/mol. The number of halogens is 3. The standard InChI is InChI=1S/C33H26BF2IN2O2/c1-21-19-27(13-3-23-5-15-29(40)16-6-23)38-32(21)31(25-9-11-26(37)12-10-25)33-22(2)20-28(39(33)34(38,35)36)14-4-24-7-17-30(41)18-8-24/h3-20,40-41H,1-2H3/b13-3+,14-4+. The third kappa shape index (κ3) is 4.86. The topological polar surface area (TPSA) is 48.4 Å². The number of aromatic nitrogens is 1. The zero-order chi connectivity index (χ0) is 28.9. The van der Waals surface area contributed by atoms with Crippen LogP contribution in [0.3, 0.4) is 0 Å². The first-order chi connectivity index (χ1) is 19.6. The maximum absolute atomic E-state index is 16.9. The fourth-order valence-electron chi connectivity index (χ4n) is 5.57. The summed E-state index contributed by atoms with van der Waals surface area (Å²) in [4.78, 5) is 0. The van der Waals surface area contributed by atoms with Crippen LogP contribution >= 0.6 is 22.6 Å². The minimum Gasteiger partial charge on any atom is -0.508 e. The largest absolute Gasteiger partial charge is 0.737 e. The molecule has 0 amide bonds. The lowest BCUT2D eigenvalue weighted by Gasteiger charge is -2.34. The van der Waals surface area contributed by atoms with Crippen molar-refractivity contribution in [1.82, 2.24) is 4.48 Å². The molecule has 0 bridgehead atoms. The molecule has 0 unspecified atom stereocenters. The highest BCUT2D eigenvalue weighted by atomic mass is 127. The van der Waals surface area contributed by atoms with Crippen molar-refractivity contribution in [3.05, 3.63) is 139 Å². The van der Waals surface area contributed by atoms with Gasteiger partial charge in [0.05, 0.1) is 5.57 Å². The normalized spacial score (nSPS) is 16.1. The second kappa shape index (κ2) is 10.3. The predicted molar refractivity (Wildman–Crippen MR) is 171 cm³/mol. The molecule has 8 heteroatoms. The van der Waals surface area contributed by atoms with Crippen LogP contribution in [0.1, 0.15) is 40.6 Å². The first-order valence-electron chi connectivity index (χ1n) is 13.2. The number of allylic oxidation sites excluding steroid dienone is 3. The number of aryl methyl sites for hydroxylation is 1. The van der Waals surface area contributed by atoms with Gasteiger partial charge in [0.2, 0.25) is 0 Å². The van der Waals surface area contributed by atoms with E-state index in [0.29, 0.717) is 22.8 Å². The Morgan fingerprint density at radius 1 is 0.780 bits per heavy atom. The maximum Gasteiger partial charge on any atom is 0.737 e. The average Bonchev–Trinajstić information content (AvgIpc) is 3.47. The smallest absolute Gasteiger partial charge is 0.508 e. The van der Waals surface area contributed by atoms with Gasteiger partial charge in [0, 0.05) is 32.7 Å². The highest BCUT2D eigenvalue weighted by molar-refractivity contribution is 14.1. The van der Waals surface area contributed by atoms with Crippen molar-refractivity contribution in [3.8, 4) is 11.5 Å². The van der Waals surface area contributed by atoms with Gasteiger partial charge in [-0.15, -0.1) is 0 Å². The number of benzene rings is 3. The van der Waals surface area contributed by atoms with Crippen LogP contribution in [0.5, 0.6) is 11.5 Å². The Hall–Kier alpha value is -4.18. The van der Waals surface area contributed by atoms with E-state index >= 15 is 8.63 Å². The lowest BCUT2D eigenvalue weighted by molar-refractivity contribution is -0.362. The monoisotopic (exact) mass is 658 g/mol. The molecule has 6 rings (SSSR count). The minimum absolute atomic E-state index is 0.146. The first kappa shape index (κ1) is 27.0. The molecule has 0 saturated carbocycles. The van der Waals surface area contributed by atoms with Crippen LogP contribution in [0, 0.1) is 10.5 Å². The Morgan fingerprint density at radius 2 is 1.34 bits per heavy atom. The molecule has 41 heavy (non-hydrogen) atoms. The second-order valence-corrected chi connectivity index (χ2v) is 11.5. The van der Waals surface area contributed by atoms with E-state index in [1.807, 2.05) is 50.3 Å². The molecule has 0 aliphatic carbocycles. The summed E-state index contributed by atoms with van der Waals surface area (Å²) in [5.74, 6) is 0.293. The van der Waals surface area contributed by atoms with Gasteiger partial charge in [0.1, 0.15) is 11.5 Å². The number of aromatic hydroxyl groups is 2. The SMILES string of the molecule is CC1=CC(/C=C/c2ccc(O)cc2)=[N+]2C1=C(c1ccc(I)cc1)c1c(C)cc(/C=C/c3ccc(O)cc3)n1[B-]2(F)F. The zero-order valence-corrected chi connectivity index (χ0v) is 24.5. The van der Waals surface area contributed by atoms with Gasteiger partial charge in [-0.25, -0.2) is 0 Å². The number of phenolic OH excluding ortho intramolecular Hbond substituents is 2. The van der Waals surface area contributed by atoms with Crippen LogP contribution in [-0.2, 0) is 0 Å². The molecule has 2 N–H and O–H groups in total. The summed E-state index contributed by atoms with van der Waals surface area (Å²) in [6, 6.07) is 23.0. The number of fused-ring (bicyclic) bond motifs is 2. The molecule has 4 aromatic rings. The number of hydrogen-bond acceptors (Lipinski definition) is 2. The van der Waals surface area contributed by atoms with Crippen molar-refractivity contribution < 1.29 is 23.3 Å². The van der Waals surface area contributed by atoms with Gasteiger partial charge >= 0.3 is 6.97 Å². The molecule has 0 fully saturated rings. The molecule has 3 heterocycles. The van der Waals surface area contributed by atoms with Crippen LogP contribution < -0.4 is 0 Å². The Labute approximate surface area is 250 Å². The summed E-state index contributed by atoms with van der Waals surface area (Å²) >= 11 is 2.25. The molecule has 0 atom stereocenters. The summed E-state index contributed by atoms with van der Waals surface area (Å²) < 4.78 is 37.2. The fourth-order valence-corrected chi connectivity index (χ4v) is 5.93. The van der Waals surface area contributed by atoms with E-state index in [9.17, 15) is 10.2 Å². The fraction of sp³-hybridized carbons (Fsp3) is 0.0606. The summed E-state index contributed by atoms with van der Waals surface area (Å²) in [6.45, 7) is -0.522. The van der Waals surface area contributed by atoms with Gasteiger partial charge in [-0.1, -0.05) is 42.5 Å². The van der Waals surface area contributed by atoms with E-state index in [1.54, 1.807) is 72.8 Å². The van der Waals surface area contributed by atoms with Gasteiger partial charge in [-0.3, -0.25) is 0 Å². The van der Waals surface area contributed by atoms with Gasteiger partial charge in [0.15, 0.2) is 11.4 Å². The molecule has 1 aromatic heterocycles. The van der Waals surface area contributed by atoms with Crippen molar-refractivity contribution in [2.45, 2.75) is 13.8 Å². The first-order valence-corrected chi connectivity index (χ1v) is 14.3. The summed E-state index contributed by atoms with van der Waals surface area (Å²) in [5.41, 5.74) is 6.53. The molecule has 0 saturated heterocycles. The molecular weight excluding hydrogens is 632 g/mol. The molecule has 4 nitrogen and oxygen atoms in total. The Balaban J connectivity index is 1.58. The van der Waals surface area contributed by atoms with Gasteiger partial charge < -0.3 is 27.8 Å². The van der Waals surface area contributed by atoms with E-state index in [4.69, 9.17) is 0 Å². The predicted octanol–water partition coefficient (Wildman–Crippen LogP) is 8.11. The van der Waals surface area contributed by atoms with Crippen LogP contribution in [0.25, 0.3) is 23.8 Å². The van der Waals surface area contributed by atoms with E-state index in [2.05, 4.69) is 22.6 Å². The lowest BCUT2D eigenvalue weighted by Crippen LogP contribution is -2.51. The summed E-state index contributed by atoms with van der Waals surface area (Å²) in [7, 11) is 0. The molecule has 2 aliphatic heterocycles. The highest BCUT2D eigenvalue weighted by Crippen LogP contribution is 2.44. The molecule has 204 valence electrons. The number of rotatable bonds is 5. The van der Waals surface area contributed by atoms with Gasteiger partial charge in [-0.2, -0.15) is 0 Å². The Bertz CT molecular complexity index is 1830. The summed E-state index contributed by atoms with van der Waals surface area (Å²) in [6.07, 6.45) is 8.78. The number of nitrogens with zero attached hydrogens (tertiary/aromatic N) is 2. The van der Waals surface area contributed by atoms with Crippen molar-refractivity contribution in [3.63, 3.8) is 0 Å². The van der Waals surface area contributed by atoms with Crippen molar-refractivity contribution in [1.29, 1.82) is 0 Å². The van der Waals surface area contributed by atoms with Crippen molar-refractivity contribution in [2.75, 3.05) is 0 Å². The van der Waals surface area contributed by atoms with E-state index in [0.717, 1.165) is 37.0 Å². The Morgan fingerprint density at radius 3 is 1.93 bits per heavy atom.